The van der Waals surface area contributed by atoms with Gasteiger partial charge in [0.05, 0.1) is 19.1 Å². The van der Waals surface area contributed by atoms with Gasteiger partial charge in [-0.1, -0.05) is 12.1 Å². The predicted octanol–water partition coefficient (Wildman–Crippen LogP) is 2.81. The lowest BCUT2D eigenvalue weighted by Crippen LogP contribution is -2.09. The number of sulfonamides is 1. The first-order chi connectivity index (χ1) is 9.48. The second kappa shape index (κ2) is 5.83. The molecule has 2 rings (SSSR count). The van der Waals surface area contributed by atoms with E-state index in [0.717, 1.165) is 23.4 Å². The molecule has 0 aliphatic heterocycles. The fraction of sp³-hybridized carbons (Fsp3) is 0.143. The first-order valence-corrected chi connectivity index (χ1v) is 7.85. The zero-order valence-electron chi connectivity index (χ0n) is 11.3. The van der Waals surface area contributed by atoms with E-state index in [-0.39, 0.29) is 0 Å². The molecule has 2 aromatic carbocycles. The molecule has 6 heteroatoms. The molecule has 2 N–H and O–H groups in total. The Morgan fingerprint density at radius 2 is 1.55 bits per heavy atom. The minimum atomic E-state index is -3.25. The fourth-order valence-corrected chi connectivity index (χ4v) is 2.30. The van der Waals surface area contributed by atoms with E-state index in [2.05, 4.69) is 10.0 Å². The van der Waals surface area contributed by atoms with Gasteiger partial charge in [0, 0.05) is 11.4 Å². The Morgan fingerprint density at radius 3 is 2.15 bits per heavy atom. The molecule has 2 aromatic rings. The van der Waals surface area contributed by atoms with Gasteiger partial charge in [-0.2, -0.15) is 0 Å². The van der Waals surface area contributed by atoms with Crippen molar-refractivity contribution in [3.63, 3.8) is 0 Å². The van der Waals surface area contributed by atoms with Gasteiger partial charge in [-0.15, -0.1) is 0 Å². The van der Waals surface area contributed by atoms with Gasteiger partial charge in [0.15, 0.2) is 0 Å². The summed E-state index contributed by atoms with van der Waals surface area (Å²) in [4.78, 5) is 0. The third-order valence-electron chi connectivity index (χ3n) is 2.57. The molecule has 20 heavy (non-hydrogen) atoms. The smallest absolute Gasteiger partial charge is 0.229 e. The van der Waals surface area contributed by atoms with E-state index in [9.17, 15) is 8.42 Å². The highest BCUT2D eigenvalue weighted by Crippen LogP contribution is 2.27. The molecule has 0 amide bonds. The van der Waals surface area contributed by atoms with Crippen LogP contribution in [0.5, 0.6) is 5.75 Å². The molecule has 0 saturated heterocycles. The van der Waals surface area contributed by atoms with Gasteiger partial charge in [-0.05, 0) is 36.4 Å². The minimum absolute atomic E-state index is 0.526. The van der Waals surface area contributed by atoms with Crippen LogP contribution in [0.1, 0.15) is 0 Å². The number of benzene rings is 2. The van der Waals surface area contributed by atoms with Crippen molar-refractivity contribution in [2.45, 2.75) is 0 Å². The first-order valence-electron chi connectivity index (χ1n) is 5.96. The summed E-state index contributed by atoms with van der Waals surface area (Å²) in [6.45, 7) is 0. The van der Waals surface area contributed by atoms with E-state index in [4.69, 9.17) is 4.74 Å². The van der Waals surface area contributed by atoms with Gasteiger partial charge in [0.1, 0.15) is 5.75 Å². The number of nitrogens with one attached hydrogen (secondary N) is 2. The number of ether oxygens (including phenoxy) is 1. The highest BCUT2D eigenvalue weighted by molar-refractivity contribution is 7.92. The molecular formula is C14H16N2O3S. The molecular weight excluding hydrogens is 276 g/mol. The van der Waals surface area contributed by atoms with Gasteiger partial charge in [0.25, 0.3) is 0 Å². The van der Waals surface area contributed by atoms with Crippen molar-refractivity contribution in [2.24, 2.45) is 0 Å². The van der Waals surface area contributed by atoms with E-state index in [1.165, 1.54) is 0 Å². The highest BCUT2D eigenvalue weighted by atomic mass is 32.2. The van der Waals surface area contributed by atoms with Crippen LogP contribution in [0.4, 0.5) is 17.1 Å². The van der Waals surface area contributed by atoms with Gasteiger partial charge < -0.3 is 10.1 Å². The second-order valence-electron chi connectivity index (χ2n) is 4.28. The fourth-order valence-electron chi connectivity index (χ4n) is 1.74. The van der Waals surface area contributed by atoms with Crippen LogP contribution in [0.15, 0.2) is 48.5 Å². The number of hydrogen-bond acceptors (Lipinski definition) is 4. The minimum Gasteiger partial charge on any atom is -0.495 e. The molecule has 0 aromatic heterocycles. The van der Waals surface area contributed by atoms with Gasteiger partial charge in [0.2, 0.25) is 10.0 Å². The lowest BCUT2D eigenvalue weighted by atomic mass is 10.2. The van der Waals surface area contributed by atoms with Crippen LogP contribution in [-0.2, 0) is 10.0 Å². The van der Waals surface area contributed by atoms with Crippen LogP contribution in [0.25, 0.3) is 0 Å². The highest BCUT2D eigenvalue weighted by Gasteiger charge is 2.03. The summed E-state index contributed by atoms with van der Waals surface area (Å²) in [6, 6.07) is 14.5. The van der Waals surface area contributed by atoms with Crippen LogP contribution in [0.2, 0.25) is 0 Å². The van der Waals surface area contributed by atoms with E-state index in [1.807, 2.05) is 24.3 Å². The molecule has 0 fully saturated rings. The van der Waals surface area contributed by atoms with Crippen LogP contribution in [-0.4, -0.2) is 21.8 Å². The Morgan fingerprint density at radius 1 is 0.950 bits per heavy atom. The number of methoxy groups -OCH3 is 1. The summed E-state index contributed by atoms with van der Waals surface area (Å²) >= 11 is 0. The number of hydrogen-bond donors (Lipinski definition) is 2. The van der Waals surface area contributed by atoms with E-state index >= 15 is 0 Å². The summed E-state index contributed by atoms with van der Waals surface area (Å²) in [6.07, 6.45) is 1.12. The molecule has 5 nitrogen and oxygen atoms in total. The predicted molar refractivity (Wildman–Crippen MR) is 81.2 cm³/mol. The molecule has 0 heterocycles. The topological polar surface area (TPSA) is 67.4 Å². The summed E-state index contributed by atoms with van der Waals surface area (Å²) in [5, 5.41) is 3.21. The quantitative estimate of drug-likeness (QED) is 0.889. The van der Waals surface area contributed by atoms with Crippen molar-refractivity contribution in [1.29, 1.82) is 0 Å². The van der Waals surface area contributed by atoms with Crippen molar-refractivity contribution in [2.75, 3.05) is 23.4 Å². The van der Waals surface area contributed by atoms with Crippen molar-refractivity contribution in [3.8, 4) is 5.75 Å². The summed E-state index contributed by atoms with van der Waals surface area (Å²) in [5.41, 5.74) is 2.21. The number of rotatable bonds is 5. The zero-order valence-corrected chi connectivity index (χ0v) is 12.1. The Kier molecular flexibility index (Phi) is 4.14. The molecule has 0 spiro atoms. The monoisotopic (exact) mass is 292 g/mol. The summed E-state index contributed by atoms with van der Waals surface area (Å²) in [5.74, 6) is 0.742. The van der Waals surface area contributed by atoms with E-state index in [0.29, 0.717) is 5.69 Å². The molecule has 0 atom stereocenters. The third-order valence-corrected chi connectivity index (χ3v) is 3.18. The van der Waals surface area contributed by atoms with E-state index < -0.39 is 10.0 Å². The summed E-state index contributed by atoms with van der Waals surface area (Å²) < 4.78 is 29.9. The molecule has 0 aliphatic carbocycles. The van der Waals surface area contributed by atoms with Gasteiger partial charge in [-0.3, -0.25) is 4.72 Å². The SMILES string of the molecule is COc1ccccc1Nc1ccc(NS(C)(=O)=O)cc1. The lowest BCUT2D eigenvalue weighted by Gasteiger charge is -2.11. The maximum Gasteiger partial charge on any atom is 0.229 e. The van der Waals surface area contributed by atoms with Crippen LogP contribution < -0.4 is 14.8 Å². The normalized spacial score (nSPS) is 10.9. The average Bonchev–Trinajstić information content (AvgIpc) is 2.40. The van der Waals surface area contributed by atoms with Gasteiger partial charge in [-0.25, -0.2) is 8.42 Å². The molecule has 0 bridgehead atoms. The Hall–Kier alpha value is -2.21. The average molecular weight is 292 g/mol. The van der Waals surface area contributed by atoms with Crippen molar-refractivity contribution >= 4 is 27.1 Å². The third kappa shape index (κ3) is 3.89. The Balaban J connectivity index is 2.15. The van der Waals surface area contributed by atoms with Crippen LogP contribution in [0, 0.1) is 0 Å². The largest absolute Gasteiger partial charge is 0.495 e. The van der Waals surface area contributed by atoms with Crippen molar-refractivity contribution in [1.82, 2.24) is 0 Å². The molecule has 0 unspecified atom stereocenters. The molecule has 106 valence electrons. The molecule has 0 saturated carbocycles. The Bertz CT molecular complexity index is 682. The zero-order chi connectivity index (χ0) is 14.6. The molecule has 0 radical (unpaired) electrons. The number of anilines is 3. The molecule has 0 aliphatic rings. The Labute approximate surface area is 118 Å². The van der Waals surface area contributed by atoms with Crippen LogP contribution in [0.3, 0.4) is 0 Å². The van der Waals surface area contributed by atoms with Crippen LogP contribution >= 0.6 is 0 Å². The van der Waals surface area contributed by atoms with Gasteiger partial charge >= 0.3 is 0 Å². The first kappa shape index (κ1) is 14.2. The van der Waals surface area contributed by atoms with Crippen molar-refractivity contribution in [3.05, 3.63) is 48.5 Å². The summed E-state index contributed by atoms with van der Waals surface area (Å²) in [7, 11) is -1.64. The maximum absolute atomic E-state index is 11.1. The van der Waals surface area contributed by atoms with E-state index in [1.54, 1.807) is 31.4 Å². The second-order valence-corrected chi connectivity index (χ2v) is 6.03. The standard InChI is InChI=1S/C14H16N2O3S/c1-19-14-6-4-3-5-13(14)15-11-7-9-12(10-8-11)16-20(2,17)18/h3-10,15-16H,1-2H3. The maximum atomic E-state index is 11.1. The van der Waals surface area contributed by atoms with Crippen molar-refractivity contribution < 1.29 is 13.2 Å². The lowest BCUT2D eigenvalue weighted by molar-refractivity contribution is 0.417. The number of para-hydroxylation sites is 2.